The highest BCUT2D eigenvalue weighted by atomic mass is 19.1. The molecule has 5 nitrogen and oxygen atoms in total. The Hall–Kier alpha value is -2.24. The minimum Gasteiger partial charge on any atom is -0.351 e. The van der Waals surface area contributed by atoms with Gasteiger partial charge < -0.3 is 9.88 Å². The predicted octanol–water partition coefficient (Wildman–Crippen LogP) is 2.13. The predicted molar refractivity (Wildman–Crippen MR) is 84.4 cm³/mol. The van der Waals surface area contributed by atoms with Crippen molar-refractivity contribution >= 4 is 5.91 Å². The molecule has 3 rings (SSSR count). The molecule has 1 aliphatic heterocycles. The maximum absolute atomic E-state index is 13.1. The second-order valence-electron chi connectivity index (χ2n) is 6.62. The first-order valence-electron chi connectivity index (χ1n) is 7.83. The molecule has 1 aromatic carbocycles. The molecule has 1 aliphatic rings. The number of aromatic nitrogens is 3. The standard InChI is InChI=1S/C17H21FN4O/c1-11-20-21-15-9-8-14(10-22(11)15)19-16(23)17(2,3)12-4-6-13(18)7-5-12/h4-7,14H,8-10H2,1-3H3,(H,19,23)/t14-/m0/s1. The van der Waals surface area contributed by atoms with Gasteiger partial charge in [0.05, 0.1) is 5.41 Å². The third-order valence-corrected chi connectivity index (χ3v) is 4.60. The van der Waals surface area contributed by atoms with Gasteiger partial charge >= 0.3 is 0 Å². The third kappa shape index (κ3) is 2.98. The van der Waals surface area contributed by atoms with Gasteiger partial charge in [-0.2, -0.15) is 0 Å². The van der Waals surface area contributed by atoms with E-state index in [-0.39, 0.29) is 17.8 Å². The summed E-state index contributed by atoms with van der Waals surface area (Å²) in [7, 11) is 0. The van der Waals surface area contributed by atoms with Crippen LogP contribution in [0.15, 0.2) is 24.3 Å². The van der Waals surface area contributed by atoms with Gasteiger partial charge in [-0.1, -0.05) is 12.1 Å². The molecular weight excluding hydrogens is 295 g/mol. The number of amides is 1. The number of hydrogen-bond acceptors (Lipinski definition) is 3. The number of rotatable bonds is 3. The van der Waals surface area contributed by atoms with E-state index in [2.05, 4.69) is 20.1 Å². The van der Waals surface area contributed by atoms with Crippen LogP contribution >= 0.6 is 0 Å². The van der Waals surface area contributed by atoms with Crippen LogP contribution in [0.5, 0.6) is 0 Å². The van der Waals surface area contributed by atoms with Crippen molar-refractivity contribution < 1.29 is 9.18 Å². The molecule has 0 saturated heterocycles. The van der Waals surface area contributed by atoms with Crippen molar-refractivity contribution in [3.05, 3.63) is 47.3 Å². The lowest BCUT2D eigenvalue weighted by atomic mass is 9.83. The number of benzene rings is 1. The summed E-state index contributed by atoms with van der Waals surface area (Å²) in [5, 5.41) is 11.3. The van der Waals surface area contributed by atoms with Crippen molar-refractivity contribution in [2.24, 2.45) is 0 Å². The third-order valence-electron chi connectivity index (χ3n) is 4.60. The quantitative estimate of drug-likeness (QED) is 0.944. The van der Waals surface area contributed by atoms with Crippen molar-refractivity contribution in [1.82, 2.24) is 20.1 Å². The van der Waals surface area contributed by atoms with Crippen LogP contribution in [0.2, 0.25) is 0 Å². The molecule has 0 radical (unpaired) electrons. The largest absolute Gasteiger partial charge is 0.351 e. The zero-order valence-corrected chi connectivity index (χ0v) is 13.6. The first-order valence-corrected chi connectivity index (χ1v) is 7.83. The van der Waals surface area contributed by atoms with Crippen molar-refractivity contribution in [3.63, 3.8) is 0 Å². The molecule has 2 aromatic rings. The summed E-state index contributed by atoms with van der Waals surface area (Å²) in [5.74, 6) is 1.50. The van der Waals surface area contributed by atoms with Crippen LogP contribution in [0, 0.1) is 12.7 Å². The van der Waals surface area contributed by atoms with Crippen LogP contribution in [0.1, 0.15) is 37.5 Å². The van der Waals surface area contributed by atoms with Gasteiger partial charge in [0.25, 0.3) is 0 Å². The molecule has 23 heavy (non-hydrogen) atoms. The van der Waals surface area contributed by atoms with Crippen LogP contribution < -0.4 is 5.32 Å². The smallest absolute Gasteiger partial charge is 0.230 e. The number of aryl methyl sites for hydroxylation is 2. The Balaban J connectivity index is 1.71. The average Bonchev–Trinajstić information content (AvgIpc) is 2.89. The molecule has 0 spiro atoms. The number of nitrogens with one attached hydrogen (secondary N) is 1. The van der Waals surface area contributed by atoms with Crippen molar-refractivity contribution in [1.29, 1.82) is 0 Å². The lowest BCUT2D eigenvalue weighted by molar-refractivity contribution is -0.126. The first kappa shape index (κ1) is 15.6. The van der Waals surface area contributed by atoms with Crippen LogP contribution in [0.25, 0.3) is 0 Å². The maximum atomic E-state index is 13.1. The number of halogens is 1. The molecular formula is C17H21FN4O. The van der Waals surface area contributed by atoms with Gasteiger partial charge in [0.1, 0.15) is 17.5 Å². The zero-order valence-electron chi connectivity index (χ0n) is 13.6. The summed E-state index contributed by atoms with van der Waals surface area (Å²) >= 11 is 0. The molecule has 1 aromatic heterocycles. The lowest BCUT2D eigenvalue weighted by Gasteiger charge is -2.30. The summed E-state index contributed by atoms with van der Waals surface area (Å²) in [5.41, 5.74) is 0.0873. The first-order chi connectivity index (χ1) is 10.9. The summed E-state index contributed by atoms with van der Waals surface area (Å²) in [6.45, 7) is 6.32. The summed E-state index contributed by atoms with van der Waals surface area (Å²) in [4.78, 5) is 12.7. The average molecular weight is 316 g/mol. The van der Waals surface area contributed by atoms with Crippen LogP contribution in [-0.4, -0.2) is 26.7 Å². The fourth-order valence-corrected chi connectivity index (χ4v) is 2.94. The minimum absolute atomic E-state index is 0.0525. The molecule has 6 heteroatoms. The van der Waals surface area contributed by atoms with Gasteiger partial charge in [-0.15, -0.1) is 10.2 Å². The molecule has 0 bridgehead atoms. The van der Waals surface area contributed by atoms with E-state index < -0.39 is 5.41 Å². The molecule has 0 unspecified atom stereocenters. The van der Waals surface area contributed by atoms with E-state index in [1.807, 2.05) is 20.8 Å². The van der Waals surface area contributed by atoms with Crippen LogP contribution in [-0.2, 0) is 23.2 Å². The van der Waals surface area contributed by atoms with E-state index in [0.717, 1.165) is 30.1 Å². The molecule has 122 valence electrons. The van der Waals surface area contributed by atoms with Gasteiger partial charge in [0.2, 0.25) is 5.91 Å². The normalized spacial score (nSPS) is 17.7. The Kier molecular flexibility index (Phi) is 3.92. The van der Waals surface area contributed by atoms with E-state index in [1.54, 1.807) is 12.1 Å². The Morgan fingerprint density at radius 3 is 2.70 bits per heavy atom. The number of hydrogen-bond donors (Lipinski definition) is 1. The summed E-state index contributed by atoms with van der Waals surface area (Å²) < 4.78 is 15.1. The van der Waals surface area contributed by atoms with Gasteiger partial charge in [0.15, 0.2) is 0 Å². The van der Waals surface area contributed by atoms with Gasteiger partial charge in [-0.25, -0.2) is 4.39 Å². The molecule has 0 fully saturated rings. The minimum atomic E-state index is -0.712. The van der Waals surface area contributed by atoms with E-state index in [9.17, 15) is 9.18 Å². The fourth-order valence-electron chi connectivity index (χ4n) is 2.94. The molecule has 0 saturated carbocycles. The maximum Gasteiger partial charge on any atom is 0.230 e. The Bertz CT molecular complexity index is 721. The number of carbonyl (C=O) groups is 1. The van der Waals surface area contributed by atoms with Crippen molar-refractivity contribution in [2.75, 3.05) is 0 Å². The fraction of sp³-hybridized carbons (Fsp3) is 0.471. The van der Waals surface area contributed by atoms with Crippen LogP contribution in [0.3, 0.4) is 0 Å². The van der Waals surface area contributed by atoms with Gasteiger partial charge in [-0.3, -0.25) is 4.79 Å². The highest BCUT2D eigenvalue weighted by molar-refractivity contribution is 5.87. The van der Waals surface area contributed by atoms with Crippen molar-refractivity contribution in [2.45, 2.75) is 51.6 Å². The highest BCUT2D eigenvalue weighted by Gasteiger charge is 2.32. The molecule has 0 aliphatic carbocycles. The Labute approximate surface area is 134 Å². The topological polar surface area (TPSA) is 59.8 Å². The molecule has 1 amide bonds. The van der Waals surface area contributed by atoms with Gasteiger partial charge in [-0.05, 0) is 44.9 Å². The number of fused-ring (bicyclic) bond motifs is 1. The van der Waals surface area contributed by atoms with E-state index in [0.29, 0.717) is 6.54 Å². The molecule has 1 atom stereocenters. The monoisotopic (exact) mass is 316 g/mol. The highest BCUT2D eigenvalue weighted by Crippen LogP contribution is 2.24. The van der Waals surface area contributed by atoms with E-state index in [4.69, 9.17) is 0 Å². The van der Waals surface area contributed by atoms with Crippen LogP contribution in [0.4, 0.5) is 4.39 Å². The van der Waals surface area contributed by atoms with E-state index in [1.165, 1.54) is 12.1 Å². The van der Waals surface area contributed by atoms with E-state index >= 15 is 0 Å². The SMILES string of the molecule is Cc1nnc2n1C[C@@H](NC(=O)C(C)(C)c1ccc(F)cc1)CC2. The second-order valence-corrected chi connectivity index (χ2v) is 6.62. The molecule has 1 N–H and O–H groups in total. The summed E-state index contributed by atoms with van der Waals surface area (Å²) in [6.07, 6.45) is 1.66. The van der Waals surface area contributed by atoms with Crippen molar-refractivity contribution in [3.8, 4) is 0 Å². The molecule has 2 heterocycles. The van der Waals surface area contributed by atoms with Gasteiger partial charge in [0, 0.05) is 19.0 Å². The Morgan fingerprint density at radius 1 is 1.30 bits per heavy atom. The Morgan fingerprint density at radius 2 is 2.00 bits per heavy atom. The lowest BCUT2D eigenvalue weighted by Crippen LogP contribution is -2.48. The zero-order chi connectivity index (χ0) is 16.6. The second kappa shape index (κ2) is 5.76. The summed E-state index contributed by atoms with van der Waals surface area (Å²) in [6, 6.07) is 6.16. The number of carbonyl (C=O) groups excluding carboxylic acids is 1. The number of nitrogens with zero attached hydrogens (tertiary/aromatic N) is 3.